The highest BCUT2D eigenvalue weighted by Crippen LogP contribution is 2.34. The van der Waals surface area contributed by atoms with Crippen LogP contribution in [0.5, 0.6) is 0 Å². The zero-order valence-electron chi connectivity index (χ0n) is 18.2. The molecule has 2 aromatic heterocycles. The molecule has 2 N–H and O–H groups in total. The van der Waals surface area contributed by atoms with Crippen LogP contribution in [-0.2, 0) is 29.8 Å². The molecule has 1 aliphatic rings. The topological polar surface area (TPSA) is 74.8 Å². The van der Waals surface area contributed by atoms with Gasteiger partial charge in [-0.3, -0.25) is 9.59 Å². The molecule has 5 rings (SSSR count). The molecule has 0 unspecified atom stereocenters. The lowest BCUT2D eigenvalue weighted by Crippen LogP contribution is -2.14. The number of hydrogen-bond donors (Lipinski definition) is 2. The zero-order chi connectivity index (χ0) is 22.6. The first-order chi connectivity index (χ1) is 16.2. The van der Waals surface area contributed by atoms with E-state index in [1.54, 1.807) is 23.1 Å². The number of aromatic nitrogens is 2. The van der Waals surface area contributed by atoms with Gasteiger partial charge in [0.05, 0.1) is 11.1 Å². The van der Waals surface area contributed by atoms with Gasteiger partial charge in [0.2, 0.25) is 5.91 Å². The third kappa shape index (κ3) is 5.04. The number of aryl methyl sites for hydroxylation is 2. The van der Waals surface area contributed by atoms with Crippen LogP contribution < -0.4 is 10.9 Å². The quantitative estimate of drug-likeness (QED) is 0.338. The summed E-state index contributed by atoms with van der Waals surface area (Å²) < 4.78 is 0. The predicted molar refractivity (Wildman–Crippen MR) is 137 cm³/mol. The fraction of sp³-hybridized carbons (Fsp3) is 0.269. The van der Waals surface area contributed by atoms with E-state index in [0.717, 1.165) is 47.2 Å². The first-order valence-corrected chi connectivity index (χ1v) is 13.2. The Balaban J connectivity index is 1.15. The lowest BCUT2D eigenvalue weighted by molar-refractivity contribution is -0.115. The van der Waals surface area contributed by atoms with Crippen LogP contribution >= 0.6 is 23.1 Å². The Kier molecular flexibility index (Phi) is 6.60. The van der Waals surface area contributed by atoms with E-state index in [1.165, 1.54) is 16.0 Å². The highest BCUT2D eigenvalue weighted by atomic mass is 32.2. The fourth-order valence-corrected chi connectivity index (χ4v) is 6.36. The molecule has 33 heavy (non-hydrogen) atoms. The molecule has 0 saturated carbocycles. The van der Waals surface area contributed by atoms with E-state index in [4.69, 9.17) is 0 Å². The van der Waals surface area contributed by atoms with Crippen LogP contribution in [-0.4, -0.2) is 21.6 Å². The normalized spacial score (nSPS) is 12.7. The van der Waals surface area contributed by atoms with Gasteiger partial charge in [-0.25, -0.2) is 4.98 Å². The molecule has 1 amide bonds. The van der Waals surface area contributed by atoms with E-state index in [2.05, 4.69) is 33.5 Å². The molecule has 0 bridgehead atoms. The van der Waals surface area contributed by atoms with Gasteiger partial charge < -0.3 is 10.3 Å². The van der Waals surface area contributed by atoms with E-state index in [1.807, 2.05) is 36.4 Å². The van der Waals surface area contributed by atoms with Gasteiger partial charge in [0.15, 0.2) is 0 Å². The van der Waals surface area contributed by atoms with Gasteiger partial charge in [-0.15, -0.1) is 11.3 Å². The number of benzene rings is 2. The monoisotopic (exact) mass is 475 g/mol. The summed E-state index contributed by atoms with van der Waals surface area (Å²) >= 11 is 3.27. The third-order valence-corrected chi connectivity index (χ3v) is 8.02. The number of fused-ring (bicyclic) bond motifs is 3. The van der Waals surface area contributed by atoms with E-state index in [-0.39, 0.29) is 11.5 Å². The minimum Gasteiger partial charge on any atom is -0.326 e. The average Bonchev–Trinajstić information content (AvgIpc) is 3.40. The lowest BCUT2D eigenvalue weighted by atomic mass is 10.0. The van der Waals surface area contributed by atoms with Gasteiger partial charge in [0.1, 0.15) is 10.7 Å². The van der Waals surface area contributed by atoms with Crippen LogP contribution in [0.25, 0.3) is 10.2 Å². The number of nitrogens with one attached hydrogen (secondary N) is 2. The van der Waals surface area contributed by atoms with E-state index in [0.29, 0.717) is 23.8 Å². The summed E-state index contributed by atoms with van der Waals surface area (Å²) in [6.07, 6.45) is 4.36. The van der Waals surface area contributed by atoms with Crippen LogP contribution in [0.4, 0.5) is 5.69 Å². The molecule has 7 heteroatoms. The summed E-state index contributed by atoms with van der Waals surface area (Å²) in [5, 5.41) is 3.85. The van der Waals surface area contributed by atoms with Crippen molar-refractivity contribution in [2.75, 3.05) is 11.1 Å². The van der Waals surface area contributed by atoms with Crippen molar-refractivity contribution in [2.24, 2.45) is 0 Å². The number of carbonyl (C=O) groups is 1. The van der Waals surface area contributed by atoms with Crippen LogP contribution in [0.2, 0.25) is 0 Å². The molecule has 0 aliphatic heterocycles. The summed E-state index contributed by atoms with van der Waals surface area (Å²) in [4.78, 5) is 34.9. The average molecular weight is 476 g/mol. The number of H-pyrrole nitrogens is 1. The van der Waals surface area contributed by atoms with Crippen molar-refractivity contribution >= 4 is 44.9 Å². The third-order valence-electron chi connectivity index (χ3n) is 5.87. The van der Waals surface area contributed by atoms with Crippen molar-refractivity contribution in [1.82, 2.24) is 9.97 Å². The van der Waals surface area contributed by atoms with Gasteiger partial charge in [-0.05, 0) is 48.4 Å². The van der Waals surface area contributed by atoms with Crippen molar-refractivity contribution in [3.63, 3.8) is 0 Å². The molecule has 2 aromatic carbocycles. The van der Waals surface area contributed by atoms with Gasteiger partial charge in [0, 0.05) is 22.7 Å². The van der Waals surface area contributed by atoms with Crippen molar-refractivity contribution in [2.45, 2.75) is 37.9 Å². The van der Waals surface area contributed by atoms with Gasteiger partial charge in [0.25, 0.3) is 5.56 Å². The van der Waals surface area contributed by atoms with Crippen LogP contribution in [0.1, 0.15) is 40.2 Å². The summed E-state index contributed by atoms with van der Waals surface area (Å²) in [5.74, 6) is 1.93. The van der Waals surface area contributed by atoms with E-state index < -0.39 is 0 Å². The standard InChI is InChI=1S/C26H25N3O2S2/c30-23(27-20-11-5-4-9-18(20)15-17-7-2-1-3-8-17)13-14-32-16-22-28-25(31)24-19-10-6-12-21(19)33-26(24)29-22/h1-5,7-9,11H,6,10,12-16H2,(H,27,30)(H,28,29,31). The number of para-hydroxylation sites is 1. The Bertz CT molecular complexity index is 1340. The Morgan fingerprint density at radius 2 is 1.91 bits per heavy atom. The molecule has 1 aliphatic carbocycles. The van der Waals surface area contributed by atoms with Crippen molar-refractivity contribution in [3.05, 3.63) is 92.3 Å². The molecule has 0 radical (unpaired) electrons. The highest BCUT2D eigenvalue weighted by Gasteiger charge is 2.21. The number of amides is 1. The molecule has 0 spiro atoms. The number of thioether (sulfide) groups is 1. The minimum absolute atomic E-state index is 0.00500. The molecule has 5 nitrogen and oxygen atoms in total. The van der Waals surface area contributed by atoms with Crippen LogP contribution in [0, 0.1) is 0 Å². The fourth-order valence-electron chi connectivity index (χ4n) is 4.27. The largest absolute Gasteiger partial charge is 0.326 e. The van der Waals surface area contributed by atoms with Crippen molar-refractivity contribution in [3.8, 4) is 0 Å². The number of rotatable bonds is 8. The number of thiophene rings is 1. The van der Waals surface area contributed by atoms with Gasteiger partial charge in [-0.2, -0.15) is 11.8 Å². The maximum atomic E-state index is 12.6. The predicted octanol–water partition coefficient (Wildman–Crippen LogP) is 5.33. The first-order valence-electron chi connectivity index (χ1n) is 11.2. The lowest BCUT2D eigenvalue weighted by Gasteiger charge is -2.11. The Hall–Kier alpha value is -2.90. The van der Waals surface area contributed by atoms with Crippen LogP contribution in [0.15, 0.2) is 59.4 Å². The van der Waals surface area contributed by atoms with Crippen molar-refractivity contribution < 1.29 is 4.79 Å². The second-order valence-corrected chi connectivity index (χ2v) is 10.4. The molecule has 0 atom stereocenters. The number of anilines is 1. The Labute approximate surface area is 200 Å². The second-order valence-electron chi connectivity index (χ2n) is 8.22. The molecular weight excluding hydrogens is 450 g/mol. The maximum absolute atomic E-state index is 12.6. The number of carbonyl (C=O) groups excluding carboxylic acids is 1. The SMILES string of the molecule is O=C(CCSCc1nc2sc3c(c2c(=O)[nH]1)CCC3)Nc1ccccc1Cc1ccccc1. The smallest absolute Gasteiger partial charge is 0.259 e. The summed E-state index contributed by atoms with van der Waals surface area (Å²) in [7, 11) is 0. The molecule has 0 saturated heterocycles. The minimum atomic E-state index is -0.0252. The molecule has 0 fully saturated rings. The first kappa shape index (κ1) is 21.9. The molecule has 168 valence electrons. The summed E-state index contributed by atoms with van der Waals surface area (Å²) in [6, 6.07) is 18.2. The number of nitrogens with zero attached hydrogens (tertiary/aromatic N) is 1. The van der Waals surface area contributed by atoms with E-state index >= 15 is 0 Å². The molecule has 4 aromatic rings. The Morgan fingerprint density at radius 1 is 1.09 bits per heavy atom. The second kappa shape index (κ2) is 9.93. The Morgan fingerprint density at radius 3 is 2.79 bits per heavy atom. The highest BCUT2D eigenvalue weighted by molar-refractivity contribution is 7.98. The van der Waals surface area contributed by atoms with Crippen LogP contribution in [0.3, 0.4) is 0 Å². The number of hydrogen-bond acceptors (Lipinski definition) is 5. The zero-order valence-corrected chi connectivity index (χ0v) is 19.9. The summed E-state index contributed by atoms with van der Waals surface area (Å²) in [5.41, 5.74) is 4.35. The van der Waals surface area contributed by atoms with Gasteiger partial charge in [-0.1, -0.05) is 48.5 Å². The molecular formula is C26H25N3O2S2. The van der Waals surface area contributed by atoms with Crippen molar-refractivity contribution in [1.29, 1.82) is 0 Å². The maximum Gasteiger partial charge on any atom is 0.259 e. The number of aromatic amines is 1. The van der Waals surface area contributed by atoms with E-state index in [9.17, 15) is 9.59 Å². The molecule has 2 heterocycles. The van der Waals surface area contributed by atoms with Gasteiger partial charge >= 0.3 is 0 Å². The summed E-state index contributed by atoms with van der Waals surface area (Å²) in [6.45, 7) is 0.